The maximum atomic E-state index is 13.2. The van der Waals surface area contributed by atoms with Crippen molar-refractivity contribution in [2.45, 2.75) is 19.1 Å². The number of carboxylic acids is 1. The van der Waals surface area contributed by atoms with Crippen molar-refractivity contribution in [3.8, 4) is 11.1 Å². The van der Waals surface area contributed by atoms with Crippen molar-refractivity contribution >= 4 is 23.6 Å². The van der Waals surface area contributed by atoms with Gasteiger partial charge in [-0.3, -0.25) is 4.79 Å². The van der Waals surface area contributed by atoms with E-state index >= 15 is 0 Å². The van der Waals surface area contributed by atoms with E-state index in [1.54, 1.807) is 30.3 Å². The Labute approximate surface area is 158 Å². The van der Waals surface area contributed by atoms with Crippen molar-refractivity contribution < 1.29 is 14.7 Å². The average Bonchev–Trinajstić information content (AvgIpc) is 2.67. The molecule has 0 radical (unpaired) electrons. The Balaban J connectivity index is 1.98. The van der Waals surface area contributed by atoms with E-state index < -0.39 is 5.97 Å². The highest BCUT2D eigenvalue weighted by Gasteiger charge is 2.28. The van der Waals surface area contributed by atoms with E-state index in [1.807, 2.05) is 34.9 Å². The monoisotopic (exact) mass is 369 g/mol. The third-order valence-corrected chi connectivity index (χ3v) is 6.27. The van der Waals surface area contributed by atoms with Gasteiger partial charge >= 0.3 is 5.97 Å². The minimum Gasteiger partial charge on any atom is -0.478 e. The maximum Gasteiger partial charge on any atom is 0.336 e. The van der Waals surface area contributed by atoms with Crippen LogP contribution >= 0.6 is 11.8 Å². The fraction of sp³-hybridized carbons (Fsp3) is 0.333. The number of hydrogen-bond acceptors (Lipinski definition) is 3. The number of carboxylic acid groups (broad SMARTS) is 1. The Bertz CT molecular complexity index is 818. The molecule has 1 aliphatic heterocycles. The molecule has 0 aromatic heterocycles. The molecule has 1 N–H and O–H groups in total. The van der Waals surface area contributed by atoms with Gasteiger partial charge in [0.25, 0.3) is 5.91 Å². The quantitative estimate of drug-likeness (QED) is 0.875. The van der Waals surface area contributed by atoms with Crippen molar-refractivity contribution in [3.05, 3.63) is 59.7 Å². The van der Waals surface area contributed by atoms with Gasteiger partial charge in [-0.1, -0.05) is 50.2 Å². The molecule has 0 aliphatic carbocycles. The largest absolute Gasteiger partial charge is 0.478 e. The molecule has 0 bridgehead atoms. The highest BCUT2D eigenvalue weighted by atomic mass is 32.2. The first-order chi connectivity index (χ1) is 12.5. The fourth-order valence-corrected chi connectivity index (χ4v) is 4.54. The van der Waals surface area contributed by atoms with E-state index in [1.165, 1.54) is 0 Å². The van der Waals surface area contributed by atoms with Gasteiger partial charge < -0.3 is 10.0 Å². The van der Waals surface area contributed by atoms with Gasteiger partial charge in [0.15, 0.2) is 0 Å². The Hall–Kier alpha value is -2.27. The minimum absolute atomic E-state index is 0.0215. The second-order valence-corrected chi connectivity index (χ2v) is 8.15. The first-order valence-electron chi connectivity index (χ1n) is 8.81. The summed E-state index contributed by atoms with van der Waals surface area (Å²) in [5.74, 6) is 0.435. The lowest BCUT2D eigenvalue weighted by atomic mass is 9.94. The first kappa shape index (κ1) is 18.5. The number of carbonyl (C=O) groups excluding carboxylic acids is 1. The normalized spacial score (nSPS) is 17.3. The molecule has 136 valence electrons. The van der Waals surface area contributed by atoms with Crippen molar-refractivity contribution in [2.75, 3.05) is 18.8 Å². The van der Waals surface area contributed by atoms with Crippen LogP contribution in [0.15, 0.2) is 48.5 Å². The van der Waals surface area contributed by atoms with Gasteiger partial charge in [-0.05, 0) is 29.2 Å². The topological polar surface area (TPSA) is 57.6 Å². The number of nitrogens with zero attached hydrogens (tertiary/aromatic N) is 1. The zero-order chi connectivity index (χ0) is 18.7. The van der Waals surface area contributed by atoms with Crippen LogP contribution in [0.2, 0.25) is 0 Å². The van der Waals surface area contributed by atoms with E-state index in [0.717, 1.165) is 18.8 Å². The summed E-state index contributed by atoms with van der Waals surface area (Å²) in [6, 6.07) is 14.1. The molecule has 1 aliphatic rings. The molecule has 1 fully saturated rings. The molecule has 1 unspecified atom stereocenters. The van der Waals surface area contributed by atoms with Crippen molar-refractivity contribution in [2.24, 2.45) is 5.92 Å². The predicted octanol–water partition coefficient (Wildman–Crippen LogP) is 4.27. The smallest absolute Gasteiger partial charge is 0.336 e. The van der Waals surface area contributed by atoms with Crippen LogP contribution < -0.4 is 0 Å². The van der Waals surface area contributed by atoms with Gasteiger partial charge in [-0.15, -0.1) is 0 Å². The van der Waals surface area contributed by atoms with Crippen LogP contribution in [0, 0.1) is 5.92 Å². The molecule has 0 spiro atoms. The third-order valence-electron chi connectivity index (χ3n) is 4.73. The predicted molar refractivity (Wildman–Crippen MR) is 106 cm³/mol. The molecule has 1 atom stereocenters. The van der Waals surface area contributed by atoms with Crippen LogP contribution in [-0.4, -0.2) is 46.0 Å². The molecule has 0 saturated carbocycles. The van der Waals surface area contributed by atoms with Gasteiger partial charge in [-0.25, -0.2) is 4.79 Å². The summed E-state index contributed by atoms with van der Waals surface area (Å²) in [6.45, 7) is 5.82. The van der Waals surface area contributed by atoms with Crippen molar-refractivity contribution in [1.29, 1.82) is 0 Å². The summed E-state index contributed by atoms with van der Waals surface area (Å²) in [5, 5.41) is 9.94. The number of thioether (sulfide) groups is 1. The third kappa shape index (κ3) is 3.78. The van der Waals surface area contributed by atoms with E-state index in [-0.39, 0.29) is 11.5 Å². The zero-order valence-electron chi connectivity index (χ0n) is 15.0. The fourth-order valence-electron chi connectivity index (χ4n) is 3.24. The first-order valence-corrected chi connectivity index (χ1v) is 9.86. The summed E-state index contributed by atoms with van der Waals surface area (Å²) in [4.78, 5) is 26.7. The van der Waals surface area contributed by atoms with Gasteiger partial charge in [0.05, 0.1) is 5.56 Å². The van der Waals surface area contributed by atoms with Gasteiger partial charge in [-0.2, -0.15) is 11.8 Å². The molecule has 2 aromatic rings. The molecule has 3 rings (SSSR count). The summed E-state index contributed by atoms with van der Waals surface area (Å²) < 4.78 is 0. The Morgan fingerprint density at radius 2 is 1.62 bits per heavy atom. The summed E-state index contributed by atoms with van der Waals surface area (Å²) in [5.41, 5.74) is 2.03. The lowest BCUT2D eigenvalue weighted by molar-refractivity contribution is 0.0695. The molecule has 5 heteroatoms. The SMILES string of the molecule is CC(C)C1CN(C(=O)c2ccccc2-c2ccccc2C(=O)O)CCS1. The number of hydrogen-bond donors (Lipinski definition) is 1. The molecule has 4 nitrogen and oxygen atoms in total. The molecular formula is C21H23NO3S. The van der Waals surface area contributed by atoms with Crippen LogP contribution in [-0.2, 0) is 0 Å². The summed E-state index contributed by atoms with van der Waals surface area (Å²) in [7, 11) is 0. The zero-order valence-corrected chi connectivity index (χ0v) is 15.8. The highest BCUT2D eigenvalue weighted by Crippen LogP contribution is 2.30. The van der Waals surface area contributed by atoms with E-state index in [0.29, 0.717) is 27.9 Å². The molecule has 1 saturated heterocycles. The molecular weight excluding hydrogens is 346 g/mol. The van der Waals surface area contributed by atoms with Gasteiger partial charge in [0.2, 0.25) is 0 Å². The molecule has 2 aromatic carbocycles. The summed E-state index contributed by atoms with van der Waals surface area (Å²) >= 11 is 1.92. The minimum atomic E-state index is -0.989. The second kappa shape index (κ2) is 7.96. The Morgan fingerprint density at radius 1 is 1.04 bits per heavy atom. The van der Waals surface area contributed by atoms with Crippen molar-refractivity contribution in [1.82, 2.24) is 4.90 Å². The molecule has 1 heterocycles. The maximum absolute atomic E-state index is 13.2. The van der Waals surface area contributed by atoms with Crippen LogP contribution in [0.4, 0.5) is 0 Å². The van der Waals surface area contributed by atoms with Crippen LogP contribution in [0.3, 0.4) is 0 Å². The Morgan fingerprint density at radius 3 is 2.23 bits per heavy atom. The van der Waals surface area contributed by atoms with Crippen LogP contribution in [0.5, 0.6) is 0 Å². The standard InChI is InChI=1S/C21H23NO3S/c1-14(2)19-13-22(11-12-26-19)20(23)17-9-5-3-7-15(17)16-8-4-6-10-18(16)21(24)25/h3-10,14,19H,11-13H2,1-2H3,(H,24,25). The number of benzene rings is 2. The molecule has 26 heavy (non-hydrogen) atoms. The Kier molecular flexibility index (Phi) is 5.67. The second-order valence-electron chi connectivity index (χ2n) is 6.80. The van der Waals surface area contributed by atoms with E-state index in [4.69, 9.17) is 0 Å². The number of rotatable bonds is 4. The molecule has 1 amide bonds. The van der Waals surface area contributed by atoms with Gasteiger partial charge in [0, 0.05) is 29.7 Å². The van der Waals surface area contributed by atoms with E-state index in [9.17, 15) is 14.7 Å². The number of amides is 1. The van der Waals surface area contributed by atoms with Gasteiger partial charge in [0.1, 0.15) is 0 Å². The average molecular weight is 369 g/mol. The lowest BCUT2D eigenvalue weighted by Gasteiger charge is -2.34. The summed E-state index contributed by atoms with van der Waals surface area (Å²) in [6.07, 6.45) is 0. The van der Waals surface area contributed by atoms with Crippen LogP contribution in [0.25, 0.3) is 11.1 Å². The van der Waals surface area contributed by atoms with E-state index in [2.05, 4.69) is 13.8 Å². The highest BCUT2D eigenvalue weighted by molar-refractivity contribution is 8.00. The lowest BCUT2D eigenvalue weighted by Crippen LogP contribution is -2.43. The van der Waals surface area contributed by atoms with Crippen LogP contribution in [0.1, 0.15) is 34.6 Å². The van der Waals surface area contributed by atoms with Crippen molar-refractivity contribution in [3.63, 3.8) is 0 Å². The number of aromatic carboxylic acids is 1. The number of carbonyl (C=O) groups is 2.